The number of hydrogen-bond acceptors (Lipinski definition) is 1. The van der Waals surface area contributed by atoms with E-state index in [2.05, 4.69) is 49.5 Å². The highest BCUT2D eigenvalue weighted by Crippen LogP contribution is 2.14. The minimum atomic E-state index is 0.794. The van der Waals surface area contributed by atoms with E-state index in [-0.39, 0.29) is 0 Å². The third kappa shape index (κ3) is 5.32. The highest BCUT2D eigenvalue weighted by molar-refractivity contribution is 5.15. The first-order valence-electron chi connectivity index (χ1n) is 6.61. The Labute approximate surface area is 100 Å². The van der Waals surface area contributed by atoms with E-state index in [1.165, 1.54) is 31.2 Å². The largest absolute Gasteiger partial charge is 0.317 e. The third-order valence-electron chi connectivity index (χ3n) is 3.02. The quantitative estimate of drug-likeness (QED) is 0.704. The molecular weight excluding hydrogens is 194 g/mol. The second-order valence-corrected chi connectivity index (χ2v) is 4.51. The molecule has 0 heterocycles. The molecule has 1 N–H and O–H groups in total. The molecule has 0 bridgehead atoms. The van der Waals surface area contributed by atoms with E-state index >= 15 is 0 Å². The van der Waals surface area contributed by atoms with Crippen LogP contribution in [0.15, 0.2) is 30.3 Å². The Balaban J connectivity index is 2.42. The van der Waals surface area contributed by atoms with E-state index in [4.69, 9.17) is 0 Å². The van der Waals surface area contributed by atoms with Crippen LogP contribution in [-0.4, -0.2) is 13.1 Å². The Bertz CT molecular complexity index is 247. The second kappa shape index (κ2) is 8.35. The molecule has 0 fully saturated rings. The summed E-state index contributed by atoms with van der Waals surface area (Å²) in [6.45, 7) is 6.69. The van der Waals surface area contributed by atoms with Crippen molar-refractivity contribution >= 4 is 0 Å². The highest BCUT2D eigenvalue weighted by atomic mass is 14.8. The molecule has 1 aromatic carbocycles. The Morgan fingerprint density at radius 3 is 2.50 bits per heavy atom. The summed E-state index contributed by atoms with van der Waals surface area (Å²) in [4.78, 5) is 0. The van der Waals surface area contributed by atoms with Gasteiger partial charge in [-0.25, -0.2) is 0 Å². The van der Waals surface area contributed by atoms with Crippen molar-refractivity contribution in [2.24, 2.45) is 5.92 Å². The number of benzene rings is 1. The van der Waals surface area contributed by atoms with Crippen LogP contribution in [0.2, 0.25) is 0 Å². The van der Waals surface area contributed by atoms with Crippen LogP contribution in [0.25, 0.3) is 0 Å². The van der Waals surface area contributed by atoms with E-state index in [0.717, 1.165) is 19.0 Å². The van der Waals surface area contributed by atoms with Gasteiger partial charge in [-0.1, -0.05) is 57.0 Å². The van der Waals surface area contributed by atoms with Crippen LogP contribution in [0, 0.1) is 5.92 Å². The van der Waals surface area contributed by atoms with Crippen molar-refractivity contribution in [1.29, 1.82) is 0 Å². The maximum Gasteiger partial charge on any atom is -0.00175 e. The zero-order valence-corrected chi connectivity index (χ0v) is 10.7. The molecule has 0 aromatic heterocycles. The van der Waals surface area contributed by atoms with Crippen molar-refractivity contribution in [1.82, 2.24) is 5.32 Å². The zero-order valence-electron chi connectivity index (χ0n) is 10.7. The fourth-order valence-electron chi connectivity index (χ4n) is 2.06. The van der Waals surface area contributed by atoms with E-state index in [0.29, 0.717) is 0 Å². The van der Waals surface area contributed by atoms with Crippen LogP contribution >= 0.6 is 0 Å². The SMILES string of the molecule is CCCCC(CNCC)Cc1ccccc1. The van der Waals surface area contributed by atoms with Gasteiger partial charge in [0.05, 0.1) is 0 Å². The second-order valence-electron chi connectivity index (χ2n) is 4.51. The summed E-state index contributed by atoms with van der Waals surface area (Å²) in [5.41, 5.74) is 1.47. The van der Waals surface area contributed by atoms with Crippen LogP contribution in [0.1, 0.15) is 38.7 Å². The van der Waals surface area contributed by atoms with Gasteiger partial charge in [0, 0.05) is 0 Å². The molecule has 0 spiro atoms. The van der Waals surface area contributed by atoms with Crippen molar-refractivity contribution in [2.45, 2.75) is 39.5 Å². The molecule has 0 saturated heterocycles. The standard InChI is InChI=1S/C15H25N/c1-3-5-9-15(13-16-4-2)12-14-10-7-6-8-11-14/h6-8,10-11,15-16H,3-5,9,12-13H2,1-2H3. The minimum Gasteiger partial charge on any atom is -0.317 e. The summed E-state index contributed by atoms with van der Waals surface area (Å²) in [5.74, 6) is 0.794. The first-order valence-corrected chi connectivity index (χ1v) is 6.61. The molecule has 1 heteroatoms. The van der Waals surface area contributed by atoms with Crippen molar-refractivity contribution < 1.29 is 0 Å². The predicted octanol–water partition coefficient (Wildman–Crippen LogP) is 3.65. The summed E-state index contributed by atoms with van der Waals surface area (Å²) in [6.07, 6.45) is 5.21. The number of rotatable bonds is 8. The monoisotopic (exact) mass is 219 g/mol. The van der Waals surface area contributed by atoms with Crippen molar-refractivity contribution in [3.05, 3.63) is 35.9 Å². The molecular formula is C15H25N. The molecule has 0 saturated carbocycles. The molecule has 0 aliphatic carbocycles. The van der Waals surface area contributed by atoms with Crippen LogP contribution in [0.5, 0.6) is 0 Å². The Hall–Kier alpha value is -0.820. The summed E-state index contributed by atoms with van der Waals surface area (Å²) >= 11 is 0. The lowest BCUT2D eigenvalue weighted by atomic mass is 9.94. The molecule has 1 nitrogen and oxygen atoms in total. The lowest BCUT2D eigenvalue weighted by Gasteiger charge is -2.17. The normalized spacial score (nSPS) is 12.6. The number of unbranched alkanes of at least 4 members (excludes halogenated alkanes) is 1. The fourth-order valence-corrected chi connectivity index (χ4v) is 2.06. The predicted molar refractivity (Wildman–Crippen MR) is 71.7 cm³/mol. The van der Waals surface area contributed by atoms with Crippen LogP contribution in [0.3, 0.4) is 0 Å². The number of nitrogens with one attached hydrogen (secondary N) is 1. The van der Waals surface area contributed by atoms with E-state index < -0.39 is 0 Å². The molecule has 0 radical (unpaired) electrons. The van der Waals surface area contributed by atoms with Gasteiger partial charge in [0.1, 0.15) is 0 Å². The van der Waals surface area contributed by atoms with Crippen LogP contribution in [0.4, 0.5) is 0 Å². The van der Waals surface area contributed by atoms with Gasteiger partial charge in [-0.15, -0.1) is 0 Å². The molecule has 1 atom stereocenters. The molecule has 1 aromatic rings. The number of hydrogen-bond donors (Lipinski definition) is 1. The van der Waals surface area contributed by atoms with Gasteiger partial charge in [0.25, 0.3) is 0 Å². The van der Waals surface area contributed by atoms with Gasteiger partial charge < -0.3 is 5.32 Å². The van der Waals surface area contributed by atoms with Crippen LogP contribution < -0.4 is 5.32 Å². The summed E-state index contributed by atoms with van der Waals surface area (Å²) in [5, 5.41) is 3.48. The maximum absolute atomic E-state index is 3.48. The first-order chi connectivity index (χ1) is 7.86. The summed E-state index contributed by atoms with van der Waals surface area (Å²) < 4.78 is 0. The molecule has 1 unspecified atom stereocenters. The Kier molecular flexibility index (Phi) is 6.91. The molecule has 0 amide bonds. The van der Waals surface area contributed by atoms with Crippen molar-refractivity contribution in [2.75, 3.05) is 13.1 Å². The van der Waals surface area contributed by atoms with Gasteiger partial charge in [-0.3, -0.25) is 0 Å². The lowest BCUT2D eigenvalue weighted by Crippen LogP contribution is -2.24. The van der Waals surface area contributed by atoms with E-state index in [9.17, 15) is 0 Å². The maximum atomic E-state index is 3.48. The average molecular weight is 219 g/mol. The third-order valence-corrected chi connectivity index (χ3v) is 3.02. The van der Waals surface area contributed by atoms with Crippen molar-refractivity contribution in [3.63, 3.8) is 0 Å². The molecule has 0 aliphatic heterocycles. The molecule has 1 rings (SSSR count). The fraction of sp³-hybridized carbons (Fsp3) is 0.600. The topological polar surface area (TPSA) is 12.0 Å². The molecule has 90 valence electrons. The van der Waals surface area contributed by atoms with Gasteiger partial charge >= 0.3 is 0 Å². The lowest BCUT2D eigenvalue weighted by molar-refractivity contribution is 0.434. The van der Waals surface area contributed by atoms with E-state index in [1.807, 2.05) is 0 Å². The smallest absolute Gasteiger partial charge is 0.00175 e. The zero-order chi connectivity index (χ0) is 11.6. The Morgan fingerprint density at radius 1 is 1.12 bits per heavy atom. The average Bonchev–Trinajstić information content (AvgIpc) is 2.34. The molecule has 16 heavy (non-hydrogen) atoms. The summed E-state index contributed by atoms with van der Waals surface area (Å²) in [6, 6.07) is 10.9. The van der Waals surface area contributed by atoms with Gasteiger partial charge in [0.2, 0.25) is 0 Å². The molecule has 0 aliphatic rings. The minimum absolute atomic E-state index is 0.794. The van der Waals surface area contributed by atoms with Gasteiger partial charge in [-0.2, -0.15) is 0 Å². The summed E-state index contributed by atoms with van der Waals surface area (Å²) in [7, 11) is 0. The van der Waals surface area contributed by atoms with Crippen LogP contribution in [-0.2, 0) is 6.42 Å². The van der Waals surface area contributed by atoms with Crippen molar-refractivity contribution in [3.8, 4) is 0 Å². The first kappa shape index (κ1) is 13.2. The van der Waals surface area contributed by atoms with Gasteiger partial charge in [-0.05, 0) is 37.4 Å². The highest BCUT2D eigenvalue weighted by Gasteiger charge is 2.08. The van der Waals surface area contributed by atoms with Gasteiger partial charge in [0.15, 0.2) is 0 Å². The Morgan fingerprint density at radius 2 is 1.88 bits per heavy atom. The van der Waals surface area contributed by atoms with E-state index in [1.54, 1.807) is 0 Å².